The van der Waals surface area contributed by atoms with Gasteiger partial charge in [0.1, 0.15) is 5.54 Å². The van der Waals surface area contributed by atoms with E-state index in [0.717, 1.165) is 50.2 Å². The van der Waals surface area contributed by atoms with Gasteiger partial charge >= 0.3 is 0 Å². The number of hydrogen-bond donors (Lipinski definition) is 0. The van der Waals surface area contributed by atoms with E-state index in [1.54, 1.807) is 0 Å². The lowest BCUT2D eigenvalue weighted by Crippen LogP contribution is -2.65. The van der Waals surface area contributed by atoms with Crippen LogP contribution in [-0.2, 0) is 10.3 Å². The second kappa shape index (κ2) is 9.24. The molecule has 8 rings (SSSR count). The minimum Gasteiger partial charge on any atom is -0.301 e. The number of aryl methyl sites for hydroxylation is 2. The summed E-state index contributed by atoms with van der Waals surface area (Å²) < 4.78 is 0. The Balaban J connectivity index is 1.48. The zero-order valence-electron chi connectivity index (χ0n) is 24.3. The van der Waals surface area contributed by atoms with E-state index in [4.69, 9.17) is 0 Å². The highest BCUT2D eigenvalue weighted by Gasteiger charge is 2.78. The lowest BCUT2D eigenvalue weighted by molar-refractivity contribution is -0.134. The third-order valence-electron chi connectivity index (χ3n) is 10.5. The van der Waals surface area contributed by atoms with Gasteiger partial charge in [0.2, 0.25) is 0 Å². The molecule has 4 aliphatic rings. The fraction of sp³-hybridized carbons (Fsp3) is 0.297. The molecule has 3 fully saturated rings. The van der Waals surface area contributed by atoms with E-state index in [9.17, 15) is 0 Å². The minimum absolute atomic E-state index is 0.0692. The van der Waals surface area contributed by atoms with Crippen molar-refractivity contribution in [1.29, 1.82) is 0 Å². The van der Waals surface area contributed by atoms with Gasteiger partial charge in [0.05, 0.1) is 5.41 Å². The van der Waals surface area contributed by atoms with Gasteiger partial charge in [-0.25, -0.2) is 0 Å². The number of hydrogen-bond acceptors (Lipinski definition) is 5. The lowest BCUT2D eigenvalue weighted by atomic mass is 9.54. The second-order valence-corrected chi connectivity index (χ2v) is 13.6. The van der Waals surface area contributed by atoms with Crippen molar-refractivity contribution in [3.63, 3.8) is 0 Å². The molecular weight excluding hydrogens is 536 g/mol. The first-order chi connectivity index (χ1) is 20.4. The summed E-state index contributed by atoms with van der Waals surface area (Å²) >= 11 is 1.89. The topological polar surface area (TPSA) is 40.6 Å². The van der Waals surface area contributed by atoms with E-state index < -0.39 is 11.0 Å². The van der Waals surface area contributed by atoms with E-state index in [2.05, 4.69) is 97.4 Å². The third-order valence-corrected chi connectivity index (χ3v) is 11.5. The van der Waals surface area contributed by atoms with Gasteiger partial charge in [0.15, 0.2) is 11.6 Å². The van der Waals surface area contributed by atoms with Crippen LogP contribution in [0.1, 0.15) is 44.1 Å². The SMILES string of the molecule is Cc1ccccc1/C=C1\CN(C)CC2(C1=O)[C@@H](c1ccccc1C)[C@@H]1CSCN1[C@@]21C(=O)c2cccc3cccc1c23. The molecule has 210 valence electrons. The monoisotopic (exact) mass is 570 g/mol. The Labute approximate surface area is 251 Å². The Morgan fingerprint density at radius 1 is 0.857 bits per heavy atom. The summed E-state index contributed by atoms with van der Waals surface area (Å²) in [7, 11) is 2.12. The fourth-order valence-corrected chi connectivity index (χ4v) is 10.2. The van der Waals surface area contributed by atoms with Gasteiger partial charge < -0.3 is 4.90 Å². The lowest BCUT2D eigenvalue weighted by Gasteiger charge is -2.52. The van der Waals surface area contributed by atoms with E-state index in [0.29, 0.717) is 13.1 Å². The Morgan fingerprint density at radius 2 is 1.60 bits per heavy atom. The molecule has 0 N–H and O–H groups in total. The van der Waals surface area contributed by atoms with Crippen LogP contribution in [0.3, 0.4) is 0 Å². The van der Waals surface area contributed by atoms with Gasteiger partial charge in [0, 0.05) is 47.8 Å². The van der Waals surface area contributed by atoms with Gasteiger partial charge in [-0.3, -0.25) is 14.5 Å². The maximum absolute atomic E-state index is 15.6. The molecule has 5 heteroatoms. The molecule has 0 saturated carbocycles. The van der Waals surface area contributed by atoms with Crippen molar-refractivity contribution in [3.8, 4) is 0 Å². The van der Waals surface area contributed by atoms with E-state index >= 15 is 9.59 Å². The maximum Gasteiger partial charge on any atom is 0.189 e. The molecule has 3 heterocycles. The molecule has 3 aliphatic heterocycles. The summed E-state index contributed by atoms with van der Waals surface area (Å²) in [5.41, 5.74) is 5.08. The largest absolute Gasteiger partial charge is 0.301 e. The molecule has 4 nitrogen and oxygen atoms in total. The number of fused-ring (bicyclic) bond motifs is 4. The molecule has 0 aromatic heterocycles. The highest BCUT2D eigenvalue weighted by Crippen LogP contribution is 2.69. The van der Waals surface area contributed by atoms with Crippen molar-refractivity contribution in [1.82, 2.24) is 9.80 Å². The molecule has 2 spiro atoms. The summed E-state index contributed by atoms with van der Waals surface area (Å²) in [6.07, 6.45) is 2.10. The van der Waals surface area contributed by atoms with Crippen LogP contribution in [0.4, 0.5) is 0 Å². The number of piperidine rings is 1. The van der Waals surface area contributed by atoms with Crippen molar-refractivity contribution in [3.05, 3.63) is 124 Å². The summed E-state index contributed by atoms with van der Waals surface area (Å²) in [6.45, 7) is 5.35. The highest BCUT2D eigenvalue weighted by atomic mass is 32.2. The van der Waals surface area contributed by atoms with E-state index in [1.807, 2.05) is 36.0 Å². The molecule has 4 atom stereocenters. The van der Waals surface area contributed by atoms with Crippen LogP contribution in [0.15, 0.2) is 90.5 Å². The van der Waals surface area contributed by atoms with Crippen LogP contribution >= 0.6 is 11.8 Å². The average molecular weight is 571 g/mol. The van der Waals surface area contributed by atoms with Crippen molar-refractivity contribution >= 4 is 40.2 Å². The highest BCUT2D eigenvalue weighted by molar-refractivity contribution is 7.99. The Bertz CT molecular complexity index is 1840. The molecule has 4 aromatic rings. The summed E-state index contributed by atoms with van der Waals surface area (Å²) in [6, 6.07) is 29.3. The molecule has 42 heavy (non-hydrogen) atoms. The minimum atomic E-state index is -1.08. The van der Waals surface area contributed by atoms with Crippen LogP contribution in [0.2, 0.25) is 0 Å². The Kier molecular flexibility index (Phi) is 5.75. The smallest absolute Gasteiger partial charge is 0.189 e. The normalized spacial score (nSPS) is 29.9. The van der Waals surface area contributed by atoms with Gasteiger partial charge in [-0.2, -0.15) is 0 Å². The van der Waals surface area contributed by atoms with Crippen LogP contribution in [0.25, 0.3) is 16.8 Å². The molecule has 0 bridgehead atoms. The fourth-order valence-electron chi connectivity index (χ4n) is 8.94. The van der Waals surface area contributed by atoms with Crippen molar-refractivity contribution in [2.45, 2.75) is 31.3 Å². The first kappa shape index (κ1) is 26.1. The molecule has 4 aromatic carbocycles. The third kappa shape index (κ3) is 3.17. The predicted octanol–water partition coefficient (Wildman–Crippen LogP) is 6.61. The van der Waals surface area contributed by atoms with E-state index in [1.165, 1.54) is 11.1 Å². The van der Waals surface area contributed by atoms with Crippen LogP contribution in [-0.4, -0.2) is 59.2 Å². The van der Waals surface area contributed by atoms with Crippen LogP contribution in [0.5, 0.6) is 0 Å². The summed E-state index contributed by atoms with van der Waals surface area (Å²) in [5.74, 6) is 1.73. The molecule has 0 amide bonds. The second-order valence-electron chi connectivity index (χ2n) is 12.6. The van der Waals surface area contributed by atoms with Gasteiger partial charge in [0.25, 0.3) is 0 Å². The zero-order valence-corrected chi connectivity index (χ0v) is 25.1. The Morgan fingerprint density at radius 3 is 2.38 bits per heavy atom. The standard InChI is InChI=1S/C37H34N2O2S/c1-23-10-4-6-12-26(23)18-27-19-38(3)21-36(34(27)40)33(28-15-7-5-11-24(28)2)31-20-42-22-39(31)37(36)30-17-9-14-25-13-8-16-29(32(25)30)35(37)41/h4-18,31,33H,19-22H2,1-3H3/b27-18+/t31-,33-,36?,37-/m0/s1. The van der Waals surface area contributed by atoms with Crippen molar-refractivity contribution in [2.24, 2.45) is 5.41 Å². The molecule has 1 aliphatic carbocycles. The molecule has 0 radical (unpaired) electrons. The molecule has 1 unspecified atom stereocenters. The van der Waals surface area contributed by atoms with Gasteiger partial charge in [-0.15, -0.1) is 11.8 Å². The summed E-state index contributed by atoms with van der Waals surface area (Å²) in [4.78, 5) is 35.7. The average Bonchev–Trinajstić information content (AvgIpc) is 3.62. The number of carbonyl (C=O) groups excluding carboxylic acids is 2. The van der Waals surface area contributed by atoms with Gasteiger partial charge in [-0.05, 0) is 65.6 Å². The number of benzene rings is 4. The Hall–Kier alpha value is -3.51. The first-order valence-electron chi connectivity index (χ1n) is 14.9. The van der Waals surface area contributed by atoms with Crippen LogP contribution < -0.4 is 0 Å². The van der Waals surface area contributed by atoms with Gasteiger partial charge in [-0.1, -0.05) is 84.9 Å². The zero-order chi connectivity index (χ0) is 28.8. The number of thioether (sulfide) groups is 1. The summed E-state index contributed by atoms with van der Waals surface area (Å²) in [5, 5.41) is 2.09. The number of carbonyl (C=O) groups is 2. The molecule has 3 saturated heterocycles. The molecular formula is C37H34N2O2S. The number of ketones is 2. The number of rotatable bonds is 2. The van der Waals surface area contributed by atoms with E-state index in [-0.39, 0.29) is 23.5 Å². The predicted molar refractivity (Wildman–Crippen MR) is 171 cm³/mol. The van der Waals surface area contributed by atoms with Crippen molar-refractivity contribution in [2.75, 3.05) is 31.8 Å². The van der Waals surface area contributed by atoms with Crippen molar-refractivity contribution < 1.29 is 9.59 Å². The first-order valence-corrected chi connectivity index (χ1v) is 16.0. The maximum atomic E-state index is 15.6. The number of likely N-dealkylation sites (N-methyl/N-ethyl adjacent to an activating group) is 1. The number of Topliss-reactive ketones (excluding diaryl/α,β-unsaturated/α-hetero) is 2. The van der Waals surface area contributed by atoms with Crippen LogP contribution in [0, 0.1) is 19.3 Å². The number of nitrogens with zero attached hydrogens (tertiary/aromatic N) is 2. The number of likely N-dealkylation sites (tertiary alicyclic amines) is 1. The quantitative estimate of drug-likeness (QED) is 0.254.